The van der Waals surface area contributed by atoms with E-state index in [0.29, 0.717) is 0 Å². The van der Waals surface area contributed by atoms with Crippen LogP contribution in [-0.2, 0) is 0 Å². The molecule has 48 heavy (non-hydrogen) atoms. The first kappa shape index (κ1) is 34.5. The van der Waals surface area contributed by atoms with Crippen molar-refractivity contribution in [2.45, 2.75) is 180 Å². The SMILES string of the molecule is CCN1C2CCCCC2C2CCC(C=CC3CCC(C4CCC(C=CC5CCC6C7CCCCC7N(CC)C6C5)CC4C)C(C)C3)CC21. The van der Waals surface area contributed by atoms with E-state index in [0.717, 1.165) is 95.2 Å². The van der Waals surface area contributed by atoms with Crippen LogP contribution < -0.4 is 0 Å². The predicted molar refractivity (Wildman–Crippen MR) is 204 cm³/mol. The lowest BCUT2D eigenvalue weighted by molar-refractivity contribution is 0.0739. The molecule has 2 heterocycles. The number of hydrogen-bond acceptors (Lipinski definition) is 2. The van der Waals surface area contributed by atoms with Crippen LogP contribution in [-0.4, -0.2) is 47.1 Å². The van der Waals surface area contributed by atoms with E-state index in [1.165, 1.54) is 142 Å². The molecule has 16 unspecified atom stereocenters. The highest BCUT2D eigenvalue weighted by Crippen LogP contribution is 2.53. The van der Waals surface area contributed by atoms with Crippen LogP contribution in [0.25, 0.3) is 0 Å². The van der Waals surface area contributed by atoms with E-state index in [1.54, 1.807) is 0 Å². The molecular formula is C46H76N2. The zero-order valence-corrected chi connectivity index (χ0v) is 32.0. The fourth-order valence-electron chi connectivity index (χ4n) is 15.2. The number of nitrogens with zero attached hydrogens (tertiary/aromatic N) is 2. The lowest BCUT2D eigenvalue weighted by Crippen LogP contribution is -2.40. The van der Waals surface area contributed by atoms with Crippen molar-refractivity contribution >= 4 is 0 Å². The minimum absolute atomic E-state index is 0.847. The highest BCUT2D eigenvalue weighted by molar-refractivity contribution is 5.09. The van der Waals surface area contributed by atoms with E-state index in [4.69, 9.17) is 0 Å². The summed E-state index contributed by atoms with van der Waals surface area (Å²) in [6.45, 7) is 12.8. The lowest BCUT2D eigenvalue weighted by atomic mass is 9.61. The van der Waals surface area contributed by atoms with Crippen molar-refractivity contribution in [3.05, 3.63) is 24.3 Å². The van der Waals surface area contributed by atoms with Crippen molar-refractivity contribution in [1.29, 1.82) is 0 Å². The monoisotopic (exact) mass is 657 g/mol. The van der Waals surface area contributed by atoms with Gasteiger partial charge in [-0.15, -0.1) is 0 Å². The highest BCUT2D eigenvalue weighted by Gasteiger charge is 2.51. The number of likely N-dealkylation sites (tertiary alicyclic amines) is 2. The smallest absolute Gasteiger partial charge is 0.0135 e. The maximum absolute atomic E-state index is 2.98. The van der Waals surface area contributed by atoms with Crippen LogP contribution in [0.2, 0.25) is 0 Å². The van der Waals surface area contributed by atoms with E-state index in [2.05, 4.69) is 61.8 Å². The van der Waals surface area contributed by atoms with Gasteiger partial charge in [0, 0.05) is 24.2 Å². The van der Waals surface area contributed by atoms with E-state index >= 15 is 0 Å². The predicted octanol–water partition coefficient (Wildman–Crippen LogP) is 11.6. The Morgan fingerprint density at radius 1 is 0.375 bits per heavy atom. The van der Waals surface area contributed by atoms with Gasteiger partial charge in [0.05, 0.1) is 0 Å². The van der Waals surface area contributed by atoms with Crippen molar-refractivity contribution in [2.24, 2.45) is 71.0 Å². The van der Waals surface area contributed by atoms with Crippen LogP contribution >= 0.6 is 0 Å². The summed E-state index contributed by atoms with van der Waals surface area (Å²) in [4.78, 5) is 5.97. The van der Waals surface area contributed by atoms with Gasteiger partial charge < -0.3 is 0 Å². The van der Waals surface area contributed by atoms with Gasteiger partial charge in [0.2, 0.25) is 0 Å². The van der Waals surface area contributed by atoms with Gasteiger partial charge >= 0.3 is 0 Å². The topological polar surface area (TPSA) is 6.48 Å². The standard InChI is InChI=1S/C46H76N2/c1-5-47-43-13-9-7-11-39(43)41-25-21-35(29-45(41)47)17-15-33-19-23-37(31(3)27-33)38-24-20-34(28-32(38)4)16-18-36-22-26-42-40-12-8-10-14-44(40)48(6-2)46(42)30-36/h15-18,31-46H,5-14,19-30H2,1-4H3. The summed E-state index contributed by atoms with van der Waals surface area (Å²) in [6.07, 6.45) is 40.7. The Bertz CT molecular complexity index is 995. The van der Waals surface area contributed by atoms with Crippen molar-refractivity contribution in [3.63, 3.8) is 0 Å². The summed E-state index contributed by atoms with van der Waals surface area (Å²) in [7, 11) is 0. The molecule has 8 aliphatic rings. The van der Waals surface area contributed by atoms with Crippen LogP contribution in [0.3, 0.4) is 0 Å². The number of rotatable bonds is 7. The molecule has 2 saturated heterocycles. The fraction of sp³-hybridized carbons (Fsp3) is 0.913. The van der Waals surface area contributed by atoms with Gasteiger partial charge in [-0.25, -0.2) is 0 Å². The Balaban J connectivity index is 0.795. The molecule has 0 bridgehead atoms. The highest BCUT2D eigenvalue weighted by atomic mass is 15.2. The first-order chi connectivity index (χ1) is 23.5. The largest absolute Gasteiger partial charge is 0.297 e. The molecule has 0 aromatic heterocycles. The van der Waals surface area contributed by atoms with Gasteiger partial charge in [0.25, 0.3) is 0 Å². The lowest BCUT2D eigenvalue weighted by Gasteiger charge is -2.44. The summed E-state index contributed by atoms with van der Waals surface area (Å²) in [5.41, 5.74) is 0. The molecule has 0 aromatic carbocycles. The van der Waals surface area contributed by atoms with Gasteiger partial charge in [-0.3, -0.25) is 9.80 Å². The average Bonchev–Trinajstić information content (AvgIpc) is 3.61. The van der Waals surface area contributed by atoms with Crippen molar-refractivity contribution in [1.82, 2.24) is 9.80 Å². The second-order valence-electron chi connectivity index (χ2n) is 19.5. The van der Waals surface area contributed by atoms with Crippen LogP contribution in [0.5, 0.6) is 0 Å². The third-order valence-electron chi connectivity index (χ3n) is 17.3. The van der Waals surface area contributed by atoms with E-state index in [-0.39, 0.29) is 0 Å². The molecule has 2 heteroatoms. The molecule has 0 radical (unpaired) electrons. The minimum atomic E-state index is 0.847. The molecule has 0 spiro atoms. The Morgan fingerprint density at radius 2 is 0.708 bits per heavy atom. The van der Waals surface area contributed by atoms with E-state index in [9.17, 15) is 0 Å². The normalized spacial score (nSPS) is 50.3. The number of allylic oxidation sites excluding steroid dienone is 4. The minimum Gasteiger partial charge on any atom is -0.297 e. The van der Waals surface area contributed by atoms with E-state index < -0.39 is 0 Å². The second-order valence-corrected chi connectivity index (χ2v) is 19.5. The van der Waals surface area contributed by atoms with E-state index in [1.807, 2.05) is 0 Å². The van der Waals surface area contributed by atoms with Crippen LogP contribution in [0.15, 0.2) is 24.3 Å². The number of hydrogen-bond donors (Lipinski definition) is 0. The molecule has 2 aliphatic heterocycles. The third kappa shape index (κ3) is 6.72. The Labute approximate surface area is 297 Å². The molecule has 0 aromatic rings. The first-order valence-electron chi connectivity index (χ1n) is 22.4. The van der Waals surface area contributed by atoms with Gasteiger partial charge in [-0.2, -0.15) is 0 Å². The van der Waals surface area contributed by atoms with Gasteiger partial charge in [-0.1, -0.05) is 77.7 Å². The summed E-state index contributed by atoms with van der Waals surface area (Å²) >= 11 is 0. The third-order valence-corrected chi connectivity index (χ3v) is 17.3. The molecule has 16 atom stereocenters. The Kier molecular flexibility index (Phi) is 10.9. The van der Waals surface area contributed by atoms with Crippen LogP contribution in [0.1, 0.15) is 156 Å². The summed E-state index contributed by atoms with van der Waals surface area (Å²) in [5, 5.41) is 0. The molecule has 0 amide bonds. The van der Waals surface area contributed by atoms with Gasteiger partial charge in [0.1, 0.15) is 0 Å². The molecule has 8 rings (SSSR count). The maximum atomic E-state index is 2.98. The van der Waals surface area contributed by atoms with Crippen LogP contribution in [0.4, 0.5) is 0 Å². The van der Waals surface area contributed by atoms with Gasteiger partial charge in [0.15, 0.2) is 0 Å². The number of fused-ring (bicyclic) bond motifs is 6. The second kappa shape index (κ2) is 15.2. The maximum Gasteiger partial charge on any atom is 0.0135 e. The zero-order valence-electron chi connectivity index (χ0n) is 32.0. The van der Waals surface area contributed by atoms with Gasteiger partial charge in [-0.05, 0) is 187 Å². The summed E-state index contributed by atoms with van der Waals surface area (Å²) in [6, 6.07) is 3.65. The molecule has 270 valence electrons. The molecule has 6 saturated carbocycles. The summed E-state index contributed by atoms with van der Waals surface area (Å²) in [5.74, 6) is 11.3. The fourth-order valence-corrected chi connectivity index (χ4v) is 15.2. The zero-order chi connectivity index (χ0) is 32.8. The molecule has 0 N–H and O–H groups in total. The van der Waals surface area contributed by atoms with Crippen molar-refractivity contribution in [2.75, 3.05) is 13.1 Å². The first-order valence-corrected chi connectivity index (χ1v) is 22.4. The average molecular weight is 657 g/mol. The summed E-state index contributed by atoms with van der Waals surface area (Å²) < 4.78 is 0. The molecule has 2 nitrogen and oxygen atoms in total. The van der Waals surface area contributed by atoms with Crippen molar-refractivity contribution in [3.8, 4) is 0 Å². The molecular weight excluding hydrogens is 581 g/mol. The quantitative estimate of drug-likeness (QED) is 0.252. The molecule has 8 fully saturated rings. The van der Waals surface area contributed by atoms with Crippen LogP contribution in [0, 0.1) is 71.0 Å². The molecule has 6 aliphatic carbocycles. The Morgan fingerprint density at radius 3 is 1.08 bits per heavy atom. The Hall–Kier alpha value is -0.600. The van der Waals surface area contributed by atoms with Crippen molar-refractivity contribution < 1.29 is 0 Å².